The van der Waals surface area contributed by atoms with Gasteiger partial charge in [-0.05, 0) is 72.5 Å². The molecule has 3 aromatic carbocycles. The second-order valence-electron chi connectivity index (χ2n) is 10.3. The van der Waals surface area contributed by atoms with E-state index in [1.807, 2.05) is 13.0 Å². The first-order chi connectivity index (χ1) is 20.9. The summed E-state index contributed by atoms with van der Waals surface area (Å²) in [5.41, 5.74) is 13.7. The molecule has 2 aromatic heterocycles. The Kier molecular flexibility index (Phi) is 7.65. The first kappa shape index (κ1) is 27.8. The highest BCUT2D eigenvalue weighted by molar-refractivity contribution is 6.03. The molecule has 0 fully saturated rings. The number of rotatable bonds is 4. The van der Waals surface area contributed by atoms with Crippen molar-refractivity contribution in [3.05, 3.63) is 107 Å². The van der Waals surface area contributed by atoms with E-state index in [1.165, 1.54) is 30.0 Å². The fraction of sp³-hybridized carbons (Fsp3) is 0.182. The van der Waals surface area contributed by atoms with Gasteiger partial charge in [0, 0.05) is 24.0 Å². The Morgan fingerprint density at radius 2 is 1.37 bits per heavy atom. The van der Waals surface area contributed by atoms with Gasteiger partial charge in [-0.2, -0.15) is 0 Å². The van der Waals surface area contributed by atoms with Crippen LogP contribution in [-0.2, 0) is 12.8 Å². The summed E-state index contributed by atoms with van der Waals surface area (Å²) < 4.78 is 24.8. The summed E-state index contributed by atoms with van der Waals surface area (Å²) >= 11 is 0. The summed E-state index contributed by atoms with van der Waals surface area (Å²) in [7, 11) is 0. The predicted molar refractivity (Wildman–Crippen MR) is 162 cm³/mol. The van der Waals surface area contributed by atoms with Gasteiger partial charge >= 0.3 is 0 Å². The highest BCUT2D eigenvalue weighted by Crippen LogP contribution is 2.34. The molecule has 5 aromatic rings. The van der Waals surface area contributed by atoms with Crippen molar-refractivity contribution in [1.82, 2.24) is 19.9 Å². The minimum absolute atomic E-state index is 0.0344. The van der Waals surface area contributed by atoms with Crippen molar-refractivity contribution in [2.24, 2.45) is 0 Å². The molecule has 0 saturated carbocycles. The van der Waals surface area contributed by atoms with Crippen molar-refractivity contribution >= 4 is 17.5 Å². The first-order valence-electron chi connectivity index (χ1n) is 13.8. The molecular weight excluding hydrogens is 547 g/mol. The van der Waals surface area contributed by atoms with Gasteiger partial charge in [-0.1, -0.05) is 12.1 Å². The number of fused-ring (bicyclic) bond motifs is 2. The summed E-state index contributed by atoms with van der Waals surface area (Å²) in [5, 5.41) is 2.56. The SMILES string of the molecule is Cc1cc2c(cc1-c1cnc(N)cn1)CCO2.Cc1cc2c(cc1-c1cnc(NC(=O)c3ccccc3F)cn1)CCO2. The molecule has 216 valence electrons. The normalized spacial score (nSPS) is 12.7. The number of benzene rings is 3. The number of nitrogens with one attached hydrogen (secondary N) is 1. The molecule has 2 aliphatic heterocycles. The molecule has 0 atom stereocenters. The van der Waals surface area contributed by atoms with Crippen LogP contribution in [0.15, 0.2) is 73.3 Å². The van der Waals surface area contributed by atoms with Crippen LogP contribution in [0.3, 0.4) is 0 Å². The average Bonchev–Trinajstić information content (AvgIpc) is 3.66. The van der Waals surface area contributed by atoms with E-state index in [1.54, 1.807) is 24.7 Å². The van der Waals surface area contributed by atoms with Gasteiger partial charge in [-0.25, -0.2) is 14.4 Å². The number of anilines is 2. The molecule has 10 heteroatoms. The molecule has 2 aliphatic rings. The van der Waals surface area contributed by atoms with Crippen molar-refractivity contribution in [2.45, 2.75) is 26.7 Å². The number of nitrogen functional groups attached to an aromatic ring is 1. The second-order valence-corrected chi connectivity index (χ2v) is 10.3. The largest absolute Gasteiger partial charge is 0.493 e. The summed E-state index contributed by atoms with van der Waals surface area (Å²) in [5.74, 6) is 1.49. The standard InChI is InChI=1S/C20H16FN3O2.C13H13N3O/c1-12-8-18-13(6-7-26-18)9-15(12)17-10-23-19(11-22-17)24-20(25)14-4-2-3-5-16(14)21;1-8-4-12-9(2-3-17-12)5-10(8)11-6-16-13(14)7-15-11/h2-5,8-11H,6-7H2,1H3,(H,23,24,25);4-7H,2-3H2,1H3,(H2,14,16). The number of nitrogens with two attached hydrogens (primary N) is 1. The molecule has 7 rings (SSSR count). The lowest BCUT2D eigenvalue weighted by Gasteiger charge is -2.09. The lowest BCUT2D eigenvalue weighted by atomic mass is 10.0. The molecular formula is C33H29FN6O3. The van der Waals surface area contributed by atoms with Crippen molar-refractivity contribution in [2.75, 3.05) is 24.3 Å². The molecule has 3 N–H and O–H groups in total. The number of carbonyl (C=O) groups is 1. The Hall–Kier alpha value is -5.38. The van der Waals surface area contributed by atoms with E-state index < -0.39 is 11.7 Å². The fourth-order valence-electron chi connectivity index (χ4n) is 5.04. The molecule has 1 amide bonds. The number of hydrogen-bond donors (Lipinski definition) is 2. The molecule has 4 heterocycles. The molecule has 0 spiro atoms. The van der Waals surface area contributed by atoms with Gasteiger partial charge in [-0.15, -0.1) is 0 Å². The number of halogens is 1. The van der Waals surface area contributed by atoms with Gasteiger partial charge in [0.25, 0.3) is 5.91 Å². The van der Waals surface area contributed by atoms with E-state index >= 15 is 0 Å². The zero-order valence-electron chi connectivity index (χ0n) is 23.7. The minimum atomic E-state index is -0.578. The maximum Gasteiger partial charge on any atom is 0.259 e. The van der Waals surface area contributed by atoms with E-state index in [9.17, 15) is 9.18 Å². The number of ether oxygens (including phenoxy) is 2. The molecule has 43 heavy (non-hydrogen) atoms. The van der Waals surface area contributed by atoms with Gasteiger partial charge in [-0.3, -0.25) is 14.8 Å². The third-order valence-electron chi connectivity index (χ3n) is 7.31. The van der Waals surface area contributed by atoms with Crippen LogP contribution in [0.2, 0.25) is 0 Å². The van der Waals surface area contributed by atoms with E-state index in [-0.39, 0.29) is 11.4 Å². The molecule has 9 nitrogen and oxygen atoms in total. The van der Waals surface area contributed by atoms with E-state index in [0.717, 1.165) is 64.5 Å². The highest BCUT2D eigenvalue weighted by Gasteiger charge is 2.18. The van der Waals surface area contributed by atoms with Crippen LogP contribution < -0.4 is 20.5 Å². The van der Waals surface area contributed by atoms with E-state index in [0.29, 0.717) is 18.1 Å². The Bertz CT molecular complexity index is 1810. The van der Waals surface area contributed by atoms with Crippen molar-refractivity contribution in [3.63, 3.8) is 0 Å². The maximum absolute atomic E-state index is 13.7. The topological polar surface area (TPSA) is 125 Å². The minimum Gasteiger partial charge on any atom is -0.493 e. The summed E-state index contributed by atoms with van der Waals surface area (Å²) in [4.78, 5) is 29.1. The predicted octanol–water partition coefficient (Wildman–Crippen LogP) is 5.75. The zero-order chi connectivity index (χ0) is 29.9. The lowest BCUT2D eigenvalue weighted by molar-refractivity contribution is 0.102. The van der Waals surface area contributed by atoms with Crippen LogP contribution >= 0.6 is 0 Å². The molecule has 0 bridgehead atoms. The van der Waals surface area contributed by atoms with Crippen LogP contribution in [0.5, 0.6) is 11.5 Å². The van der Waals surface area contributed by atoms with Gasteiger partial charge in [0.2, 0.25) is 0 Å². The van der Waals surface area contributed by atoms with E-state index in [2.05, 4.69) is 50.4 Å². The van der Waals surface area contributed by atoms with Crippen LogP contribution in [0.4, 0.5) is 16.0 Å². The average molecular weight is 577 g/mol. The molecule has 0 radical (unpaired) electrons. The summed E-state index contributed by atoms with van der Waals surface area (Å²) in [6.07, 6.45) is 8.20. The van der Waals surface area contributed by atoms with E-state index in [4.69, 9.17) is 15.2 Å². The van der Waals surface area contributed by atoms with Crippen molar-refractivity contribution in [3.8, 4) is 34.0 Å². The third-order valence-corrected chi connectivity index (χ3v) is 7.31. The highest BCUT2D eigenvalue weighted by atomic mass is 19.1. The zero-order valence-corrected chi connectivity index (χ0v) is 23.7. The first-order valence-corrected chi connectivity index (χ1v) is 13.8. The number of aromatic nitrogens is 4. The quantitative estimate of drug-likeness (QED) is 0.277. The molecule has 0 saturated heterocycles. The van der Waals surface area contributed by atoms with Crippen LogP contribution in [0.25, 0.3) is 22.5 Å². The smallest absolute Gasteiger partial charge is 0.259 e. The summed E-state index contributed by atoms with van der Waals surface area (Å²) in [6, 6.07) is 14.1. The number of carbonyl (C=O) groups excluding carboxylic acids is 1. The Balaban J connectivity index is 0.000000167. The van der Waals surface area contributed by atoms with Gasteiger partial charge in [0.05, 0.1) is 55.0 Å². The summed E-state index contributed by atoms with van der Waals surface area (Å²) in [6.45, 7) is 5.51. The maximum atomic E-state index is 13.7. The van der Waals surface area contributed by atoms with Crippen molar-refractivity contribution < 1.29 is 18.7 Å². The lowest BCUT2D eigenvalue weighted by Crippen LogP contribution is -2.14. The Morgan fingerprint density at radius 1 is 0.791 bits per heavy atom. The number of aryl methyl sites for hydroxylation is 2. The Labute approximate surface area is 248 Å². The fourth-order valence-corrected chi connectivity index (χ4v) is 5.04. The van der Waals surface area contributed by atoms with Gasteiger partial charge in [0.15, 0.2) is 5.82 Å². The number of nitrogens with zero attached hydrogens (tertiary/aromatic N) is 4. The number of amides is 1. The van der Waals surface area contributed by atoms with Gasteiger partial charge in [0.1, 0.15) is 23.1 Å². The molecule has 0 aliphatic carbocycles. The van der Waals surface area contributed by atoms with Crippen LogP contribution in [-0.4, -0.2) is 39.1 Å². The number of hydrogen-bond acceptors (Lipinski definition) is 8. The van der Waals surface area contributed by atoms with Gasteiger partial charge < -0.3 is 20.5 Å². The monoisotopic (exact) mass is 576 g/mol. The molecule has 0 unspecified atom stereocenters. The second kappa shape index (κ2) is 11.8. The third kappa shape index (κ3) is 5.99. The van der Waals surface area contributed by atoms with Crippen LogP contribution in [0.1, 0.15) is 32.6 Å². The van der Waals surface area contributed by atoms with Crippen LogP contribution in [0, 0.1) is 19.7 Å². The van der Waals surface area contributed by atoms with Crippen molar-refractivity contribution in [1.29, 1.82) is 0 Å². The Morgan fingerprint density at radius 3 is 1.91 bits per heavy atom.